The lowest BCUT2D eigenvalue weighted by atomic mass is 9.93. The highest BCUT2D eigenvalue weighted by molar-refractivity contribution is 6.04. The van der Waals surface area contributed by atoms with E-state index < -0.39 is 28.8 Å². The van der Waals surface area contributed by atoms with E-state index in [4.69, 9.17) is 4.74 Å². The molecular formula is C15H20FNO3. The molecule has 1 aromatic rings. The number of ketones is 1. The van der Waals surface area contributed by atoms with Gasteiger partial charge in [-0.25, -0.2) is 9.18 Å². The Balaban J connectivity index is 2.86. The smallest absolute Gasteiger partial charge is 0.408 e. The highest BCUT2D eigenvalue weighted by atomic mass is 19.1. The Morgan fingerprint density at radius 3 is 2.15 bits per heavy atom. The van der Waals surface area contributed by atoms with Gasteiger partial charge in [-0.05, 0) is 46.8 Å². The second-order valence-electron chi connectivity index (χ2n) is 6.06. The zero-order valence-corrected chi connectivity index (χ0v) is 12.4. The molecule has 0 heterocycles. The lowest BCUT2D eigenvalue weighted by molar-refractivity contribution is 0.0453. The van der Waals surface area contributed by atoms with Gasteiger partial charge >= 0.3 is 6.09 Å². The summed E-state index contributed by atoms with van der Waals surface area (Å²) in [6.07, 6.45) is -0.716. The number of carbonyl (C=O) groups excluding carboxylic acids is 2. The fourth-order valence-corrected chi connectivity index (χ4v) is 1.60. The number of halogens is 1. The van der Waals surface area contributed by atoms with E-state index in [1.807, 2.05) is 0 Å². The summed E-state index contributed by atoms with van der Waals surface area (Å²) in [5, 5.41) is 2.46. The van der Waals surface area contributed by atoms with Gasteiger partial charge in [-0.15, -0.1) is 0 Å². The van der Waals surface area contributed by atoms with Gasteiger partial charge in [0.25, 0.3) is 0 Å². The fourth-order valence-electron chi connectivity index (χ4n) is 1.60. The van der Waals surface area contributed by atoms with Gasteiger partial charge in [0.1, 0.15) is 17.0 Å². The van der Waals surface area contributed by atoms with Crippen molar-refractivity contribution in [3.63, 3.8) is 0 Å². The summed E-state index contributed by atoms with van der Waals surface area (Å²) in [5.74, 6) is -1.13. The third-order valence-electron chi connectivity index (χ3n) is 2.50. The quantitative estimate of drug-likeness (QED) is 0.865. The number of Topliss-reactive ketones (excluding diaryl/α,β-unsaturated/α-hetero) is 1. The molecule has 1 rings (SSSR count). The van der Waals surface area contributed by atoms with Crippen LogP contribution in [0, 0.1) is 5.82 Å². The minimum atomic E-state index is -1.26. The molecule has 0 spiro atoms. The first-order valence-corrected chi connectivity index (χ1v) is 6.33. The first-order chi connectivity index (χ1) is 9.03. The highest BCUT2D eigenvalue weighted by Gasteiger charge is 2.33. The number of alkyl carbamates (subject to hydrolysis) is 1. The minimum absolute atomic E-state index is 0.0615. The zero-order valence-electron chi connectivity index (χ0n) is 12.4. The van der Waals surface area contributed by atoms with E-state index in [0.717, 1.165) is 0 Å². The Kier molecular flexibility index (Phi) is 4.53. The van der Waals surface area contributed by atoms with Crippen LogP contribution in [0.4, 0.5) is 9.18 Å². The number of hydrogen-bond donors (Lipinski definition) is 1. The van der Waals surface area contributed by atoms with Crippen LogP contribution in [0.15, 0.2) is 24.3 Å². The summed E-state index contributed by atoms with van der Waals surface area (Å²) in [4.78, 5) is 24.0. The number of rotatable bonds is 3. The van der Waals surface area contributed by atoms with Gasteiger partial charge in [0, 0.05) is 0 Å². The molecule has 0 saturated carbocycles. The second-order valence-corrected chi connectivity index (χ2v) is 6.06. The molecule has 4 nitrogen and oxygen atoms in total. The molecule has 0 aromatic heterocycles. The van der Waals surface area contributed by atoms with E-state index in [-0.39, 0.29) is 5.56 Å². The van der Waals surface area contributed by atoms with Gasteiger partial charge in [0.15, 0.2) is 5.78 Å². The van der Waals surface area contributed by atoms with Crippen LogP contribution in [-0.2, 0) is 4.74 Å². The van der Waals surface area contributed by atoms with Crippen molar-refractivity contribution in [1.29, 1.82) is 0 Å². The molecule has 0 radical (unpaired) electrons. The molecule has 0 bridgehead atoms. The van der Waals surface area contributed by atoms with Gasteiger partial charge in [-0.1, -0.05) is 12.1 Å². The molecule has 1 aromatic carbocycles. The molecule has 0 saturated heterocycles. The third-order valence-corrected chi connectivity index (χ3v) is 2.50. The van der Waals surface area contributed by atoms with E-state index in [9.17, 15) is 14.0 Å². The SMILES string of the molecule is CC(C)(C)OC(=O)NC(C)(C)C(=O)c1ccccc1F. The first kappa shape index (κ1) is 16.1. The predicted molar refractivity (Wildman–Crippen MR) is 74.2 cm³/mol. The number of carbonyl (C=O) groups is 2. The lowest BCUT2D eigenvalue weighted by Crippen LogP contribution is -2.51. The molecule has 0 aliphatic heterocycles. The number of hydrogen-bond acceptors (Lipinski definition) is 3. The van der Waals surface area contributed by atoms with Crippen molar-refractivity contribution in [2.24, 2.45) is 0 Å². The van der Waals surface area contributed by atoms with Gasteiger partial charge in [0.2, 0.25) is 0 Å². The van der Waals surface area contributed by atoms with Gasteiger partial charge in [0.05, 0.1) is 5.56 Å². The summed E-state index contributed by atoms with van der Waals surface area (Å²) in [5.41, 5.74) is -1.99. The van der Waals surface area contributed by atoms with Crippen molar-refractivity contribution in [3.8, 4) is 0 Å². The fraction of sp³-hybridized carbons (Fsp3) is 0.467. The largest absolute Gasteiger partial charge is 0.444 e. The van der Waals surface area contributed by atoms with Gasteiger partial charge in [-0.2, -0.15) is 0 Å². The third kappa shape index (κ3) is 4.33. The predicted octanol–water partition coefficient (Wildman–Crippen LogP) is 3.31. The second kappa shape index (κ2) is 5.61. The van der Waals surface area contributed by atoms with Crippen molar-refractivity contribution in [2.45, 2.75) is 45.8 Å². The normalized spacial score (nSPS) is 11.9. The van der Waals surface area contributed by atoms with Crippen LogP contribution in [-0.4, -0.2) is 23.0 Å². The minimum Gasteiger partial charge on any atom is -0.444 e. The summed E-state index contributed by atoms with van der Waals surface area (Å²) in [6.45, 7) is 8.17. The summed E-state index contributed by atoms with van der Waals surface area (Å²) in [7, 11) is 0. The summed E-state index contributed by atoms with van der Waals surface area (Å²) in [6, 6.07) is 5.66. The van der Waals surface area contributed by atoms with E-state index in [0.29, 0.717) is 0 Å². The van der Waals surface area contributed by atoms with E-state index >= 15 is 0 Å². The van der Waals surface area contributed by atoms with Gasteiger partial charge < -0.3 is 10.1 Å². The van der Waals surface area contributed by atoms with Crippen LogP contribution >= 0.6 is 0 Å². The highest BCUT2D eigenvalue weighted by Crippen LogP contribution is 2.17. The Morgan fingerprint density at radius 1 is 1.10 bits per heavy atom. The number of ether oxygens (including phenoxy) is 1. The Labute approximate surface area is 118 Å². The van der Waals surface area contributed by atoms with Crippen LogP contribution in [0.1, 0.15) is 45.0 Å². The molecule has 0 atom stereocenters. The van der Waals surface area contributed by atoms with Crippen molar-refractivity contribution in [3.05, 3.63) is 35.6 Å². The van der Waals surface area contributed by atoms with Crippen molar-refractivity contribution in [2.75, 3.05) is 0 Å². The standard InChI is InChI=1S/C15H20FNO3/c1-14(2,3)20-13(19)17-15(4,5)12(18)10-8-6-7-9-11(10)16/h6-9H,1-5H3,(H,17,19). The molecule has 110 valence electrons. The molecule has 5 heteroatoms. The zero-order chi connectivity index (χ0) is 15.6. The molecule has 1 amide bonds. The molecule has 0 unspecified atom stereocenters. The Bertz CT molecular complexity index is 518. The molecule has 0 aliphatic carbocycles. The van der Waals surface area contributed by atoms with Gasteiger partial charge in [-0.3, -0.25) is 4.79 Å². The maximum absolute atomic E-state index is 13.6. The summed E-state index contributed by atoms with van der Waals surface area (Å²) < 4.78 is 18.7. The molecule has 1 N–H and O–H groups in total. The molecule has 0 fully saturated rings. The van der Waals surface area contributed by atoms with Crippen LogP contribution in [0.3, 0.4) is 0 Å². The molecular weight excluding hydrogens is 261 g/mol. The lowest BCUT2D eigenvalue weighted by Gasteiger charge is -2.27. The Hall–Kier alpha value is -1.91. The number of amides is 1. The number of benzene rings is 1. The van der Waals surface area contributed by atoms with E-state index in [1.54, 1.807) is 26.8 Å². The molecule has 0 aliphatic rings. The topological polar surface area (TPSA) is 55.4 Å². The van der Waals surface area contributed by atoms with Crippen LogP contribution < -0.4 is 5.32 Å². The monoisotopic (exact) mass is 281 g/mol. The van der Waals surface area contributed by atoms with Crippen molar-refractivity contribution >= 4 is 11.9 Å². The average Bonchev–Trinajstić information content (AvgIpc) is 2.25. The van der Waals surface area contributed by atoms with Crippen molar-refractivity contribution in [1.82, 2.24) is 5.32 Å². The summed E-state index contributed by atoms with van der Waals surface area (Å²) >= 11 is 0. The van der Waals surface area contributed by atoms with Crippen molar-refractivity contribution < 1.29 is 18.7 Å². The Morgan fingerprint density at radius 2 is 1.65 bits per heavy atom. The van der Waals surface area contributed by atoms with E-state index in [2.05, 4.69) is 5.32 Å². The number of nitrogens with one attached hydrogen (secondary N) is 1. The molecule has 20 heavy (non-hydrogen) atoms. The first-order valence-electron chi connectivity index (χ1n) is 6.33. The van der Waals surface area contributed by atoms with Crippen LogP contribution in [0.2, 0.25) is 0 Å². The van der Waals surface area contributed by atoms with E-state index in [1.165, 1.54) is 32.0 Å². The maximum Gasteiger partial charge on any atom is 0.408 e. The van der Waals surface area contributed by atoms with Crippen LogP contribution in [0.25, 0.3) is 0 Å². The maximum atomic E-state index is 13.6. The van der Waals surface area contributed by atoms with Crippen LogP contribution in [0.5, 0.6) is 0 Å². The average molecular weight is 281 g/mol.